The average molecular weight is 334 g/mol. The van der Waals surface area contributed by atoms with Crippen LogP contribution in [0.15, 0.2) is 54.6 Å². The minimum absolute atomic E-state index is 0.394. The zero-order valence-electron chi connectivity index (χ0n) is 14.8. The van der Waals surface area contributed by atoms with Crippen molar-refractivity contribution in [1.29, 1.82) is 0 Å². The van der Waals surface area contributed by atoms with Crippen molar-refractivity contribution >= 4 is 0 Å². The van der Waals surface area contributed by atoms with Gasteiger partial charge >= 0.3 is 5.82 Å². The van der Waals surface area contributed by atoms with E-state index in [9.17, 15) is 0 Å². The summed E-state index contributed by atoms with van der Waals surface area (Å²) in [6.45, 7) is 4.96. The fourth-order valence-corrected chi connectivity index (χ4v) is 2.97. The van der Waals surface area contributed by atoms with Gasteiger partial charge < -0.3 is 4.74 Å². The van der Waals surface area contributed by atoms with Gasteiger partial charge in [-0.3, -0.25) is 0 Å². The van der Waals surface area contributed by atoms with Gasteiger partial charge in [-0.15, -0.1) is 0 Å². The summed E-state index contributed by atoms with van der Waals surface area (Å²) >= 11 is 0. The molecule has 1 heterocycles. The molecule has 0 radical (unpaired) electrons. The molecule has 1 aliphatic rings. The highest BCUT2D eigenvalue weighted by atomic mass is 16.5. The summed E-state index contributed by atoms with van der Waals surface area (Å²) in [5.74, 6) is 3.62. The number of H-pyrrole nitrogens is 1. The van der Waals surface area contributed by atoms with Crippen LogP contribution >= 0.6 is 0 Å². The predicted molar refractivity (Wildman–Crippen MR) is 97.4 cm³/mol. The molecule has 1 fully saturated rings. The second-order valence-electron chi connectivity index (χ2n) is 6.97. The minimum Gasteiger partial charge on any atom is -0.489 e. The molecule has 0 spiro atoms. The first-order chi connectivity index (χ1) is 12.2. The van der Waals surface area contributed by atoms with E-state index in [4.69, 9.17) is 9.72 Å². The van der Waals surface area contributed by atoms with E-state index >= 15 is 0 Å². The van der Waals surface area contributed by atoms with Crippen LogP contribution in [0.25, 0.3) is 11.4 Å². The minimum atomic E-state index is 0.394. The Balaban J connectivity index is 1.49. The van der Waals surface area contributed by atoms with Crippen molar-refractivity contribution in [2.75, 3.05) is 0 Å². The van der Waals surface area contributed by atoms with E-state index < -0.39 is 0 Å². The van der Waals surface area contributed by atoms with Gasteiger partial charge in [-0.05, 0) is 61.5 Å². The molecule has 3 aromatic rings. The van der Waals surface area contributed by atoms with Gasteiger partial charge in [0, 0.05) is 5.56 Å². The van der Waals surface area contributed by atoms with Crippen LogP contribution in [0, 0.1) is 0 Å². The van der Waals surface area contributed by atoms with Crippen LogP contribution in [-0.4, -0.2) is 10.1 Å². The third-order valence-corrected chi connectivity index (χ3v) is 4.53. The lowest BCUT2D eigenvalue weighted by Gasteiger charge is -2.06. The molecule has 1 N–H and O–H groups in total. The number of ether oxygens (including phenoxy) is 1. The molecule has 1 aliphatic carbocycles. The molecule has 4 rings (SSSR count). The standard InChI is InChI=1S/C21H23N3O/c1-15(2)24-21(18-8-9-18)22-20(23-24)17-10-12-19(13-11-17)25-14-16-6-4-3-5-7-16/h3-7,10-13,15,18H,8-9,14H2,1-2H3/p+1. The van der Waals surface area contributed by atoms with Crippen molar-refractivity contribution < 1.29 is 9.42 Å². The number of benzene rings is 2. The molecule has 0 bridgehead atoms. The van der Waals surface area contributed by atoms with Crippen molar-refractivity contribution in [3.05, 3.63) is 66.0 Å². The zero-order valence-corrected chi connectivity index (χ0v) is 14.8. The van der Waals surface area contributed by atoms with E-state index in [2.05, 4.69) is 47.9 Å². The van der Waals surface area contributed by atoms with Gasteiger partial charge in [0.05, 0.1) is 5.92 Å². The quantitative estimate of drug-likeness (QED) is 0.679. The normalized spacial score (nSPS) is 14.0. The van der Waals surface area contributed by atoms with E-state index in [1.807, 2.05) is 30.3 Å². The highest BCUT2D eigenvalue weighted by Gasteiger charge is 2.37. The SMILES string of the molecule is CC(C)[n+]1[nH]c(-c2ccc(OCc3ccccc3)cc2)nc1C1CC1. The van der Waals surface area contributed by atoms with Crippen molar-refractivity contribution in [2.45, 2.75) is 45.3 Å². The molecular weight excluding hydrogens is 310 g/mol. The molecule has 0 atom stereocenters. The van der Waals surface area contributed by atoms with Crippen LogP contribution in [0.5, 0.6) is 5.75 Å². The van der Waals surface area contributed by atoms with Gasteiger partial charge in [0.1, 0.15) is 18.4 Å². The lowest BCUT2D eigenvalue weighted by atomic mass is 10.2. The Labute approximate surface area is 148 Å². The second kappa shape index (κ2) is 6.71. The maximum Gasteiger partial charge on any atom is 0.322 e. The molecule has 128 valence electrons. The third kappa shape index (κ3) is 3.58. The van der Waals surface area contributed by atoms with Crippen molar-refractivity contribution in [3.8, 4) is 17.1 Å². The van der Waals surface area contributed by atoms with E-state index in [1.165, 1.54) is 24.2 Å². The monoisotopic (exact) mass is 334 g/mol. The summed E-state index contributed by atoms with van der Waals surface area (Å²) in [6.07, 6.45) is 2.51. The summed E-state index contributed by atoms with van der Waals surface area (Å²) in [5.41, 5.74) is 2.26. The first-order valence-electron chi connectivity index (χ1n) is 8.99. The molecule has 0 amide bonds. The maximum absolute atomic E-state index is 5.86. The second-order valence-corrected chi connectivity index (χ2v) is 6.97. The number of aromatic amines is 1. The van der Waals surface area contributed by atoms with Crippen molar-refractivity contribution in [3.63, 3.8) is 0 Å². The van der Waals surface area contributed by atoms with Crippen LogP contribution in [0.4, 0.5) is 0 Å². The fourth-order valence-electron chi connectivity index (χ4n) is 2.97. The van der Waals surface area contributed by atoms with Crippen molar-refractivity contribution in [1.82, 2.24) is 10.1 Å². The molecule has 2 aromatic carbocycles. The first kappa shape index (κ1) is 15.9. The fraction of sp³-hybridized carbons (Fsp3) is 0.333. The zero-order chi connectivity index (χ0) is 17.2. The van der Waals surface area contributed by atoms with Gasteiger partial charge in [-0.2, -0.15) is 9.78 Å². The lowest BCUT2D eigenvalue weighted by molar-refractivity contribution is -0.774. The highest BCUT2D eigenvalue weighted by Crippen LogP contribution is 2.38. The summed E-state index contributed by atoms with van der Waals surface area (Å²) in [5, 5.41) is 3.46. The number of hydrogen-bond acceptors (Lipinski definition) is 2. The summed E-state index contributed by atoms with van der Waals surface area (Å²) in [4.78, 5) is 4.85. The third-order valence-electron chi connectivity index (χ3n) is 4.53. The Morgan fingerprint density at radius 3 is 2.44 bits per heavy atom. The maximum atomic E-state index is 5.86. The molecule has 25 heavy (non-hydrogen) atoms. The van der Waals surface area contributed by atoms with E-state index in [1.54, 1.807) is 0 Å². The van der Waals surface area contributed by atoms with Gasteiger partial charge in [-0.25, -0.2) is 0 Å². The smallest absolute Gasteiger partial charge is 0.322 e. The molecule has 1 aromatic heterocycles. The summed E-state index contributed by atoms with van der Waals surface area (Å²) in [7, 11) is 0. The Hall–Kier alpha value is -2.62. The van der Waals surface area contributed by atoms with Crippen molar-refractivity contribution in [2.24, 2.45) is 0 Å². The average Bonchev–Trinajstić information content (AvgIpc) is 3.39. The number of nitrogens with zero attached hydrogens (tertiary/aromatic N) is 2. The van der Waals surface area contributed by atoms with E-state index in [0.29, 0.717) is 18.6 Å². The molecule has 0 saturated heterocycles. The Morgan fingerprint density at radius 1 is 1.08 bits per heavy atom. The number of nitrogens with one attached hydrogen (secondary N) is 1. The van der Waals surface area contributed by atoms with Gasteiger partial charge in [0.15, 0.2) is 0 Å². The van der Waals surface area contributed by atoms with Gasteiger partial charge in [0.25, 0.3) is 5.82 Å². The largest absolute Gasteiger partial charge is 0.489 e. The topological polar surface area (TPSA) is 41.8 Å². The molecule has 4 nitrogen and oxygen atoms in total. The van der Waals surface area contributed by atoms with E-state index in [0.717, 1.165) is 17.1 Å². The molecule has 1 saturated carbocycles. The number of hydrogen-bond donors (Lipinski definition) is 1. The molecule has 0 aliphatic heterocycles. The summed E-state index contributed by atoms with van der Waals surface area (Å²) < 4.78 is 8.06. The predicted octanol–water partition coefficient (Wildman–Crippen LogP) is 4.40. The van der Waals surface area contributed by atoms with Crippen LogP contribution in [-0.2, 0) is 6.61 Å². The molecular formula is C21H24N3O+. The van der Waals surface area contributed by atoms with Crippen LogP contribution in [0.3, 0.4) is 0 Å². The Bertz CT molecular complexity index is 814. The van der Waals surface area contributed by atoms with Gasteiger partial charge in [-0.1, -0.05) is 30.3 Å². The molecule has 4 heteroatoms. The van der Waals surface area contributed by atoms with Crippen LogP contribution < -0.4 is 9.42 Å². The lowest BCUT2D eigenvalue weighted by Crippen LogP contribution is -2.41. The number of rotatable bonds is 6. The number of aromatic nitrogens is 3. The summed E-state index contributed by atoms with van der Waals surface area (Å²) in [6, 6.07) is 18.8. The highest BCUT2D eigenvalue weighted by molar-refractivity contribution is 5.55. The Kier molecular flexibility index (Phi) is 4.26. The Morgan fingerprint density at radius 2 is 1.80 bits per heavy atom. The van der Waals surface area contributed by atoms with Crippen LogP contribution in [0.2, 0.25) is 0 Å². The first-order valence-corrected chi connectivity index (χ1v) is 8.99. The van der Waals surface area contributed by atoms with E-state index in [-0.39, 0.29) is 0 Å². The van der Waals surface area contributed by atoms with Crippen LogP contribution in [0.1, 0.15) is 50.0 Å². The van der Waals surface area contributed by atoms with Gasteiger partial charge in [0.2, 0.25) is 0 Å². The molecule has 0 unspecified atom stereocenters.